The van der Waals surface area contributed by atoms with Gasteiger partial charge in [-0.05, 0) is 143 Å². The van der Waals surface area contributed by atoms with Crippen molar-refractivity contribution >= 4 is 23.7 Å². The van der Waals surface area contributed by atoms with Crippen LogP contribution in [0, 0.1) is 41.1 Å². The number of fused-ring (bicyclic) bond motifs is 4. The van der Waals surface area contributed by atoms with E-state index in [4.69, 9.17) is 14.2 Å². The predicted octanol–water partition coefficient (Wildman–Crippen LogP) is 9.88. The summed E-state index contributed by atoms with van der Waals surface area (Å²) >= 11 is 0. The lowest BCUT2D eigenvalue weighted by Gasteiger charge is -2.39. The van der Waals surface area contributed by atoms with E-state index in [1.807, 2.05) is 37.4 Å². The van der Waals surface area contributed by atoms with Crippen LogP contribution in [0.15, 0.2) is 47.5 Å². The summed E-state index contributed by atoms with van der Waals surface area (Å²) in [6.45, 7) is 5.42. The minimum atomic E-state index is -0.837. The fraction of sp³-hybridized carbons (Fsp3) is 0.655. The van der Waals surface area contributed by atoms with Crippen LogP contribution in [0.3, 0.4) is 0 Å². The molecule has 67 heavy (non-hydrogen) atoms. The molecule has 0 radical (unpaired) electrons. The number of benzene rings is 2. The van der Waals surface area contributed by atoms with Gasteiger partial charge in [-0.1, -0.05) is 76.9 Å². The number of ether oxygens (including phenoxy) is 3. The second-order valence-electron chi connectivity index (χ2n) is 20.1. The number of aliphatic hydroxyl groups excluding tert-OH is 1. The van der Waals surface area contributed by atoms with Crippen molar-refractivity contribution in [2.24, 2.45) is 34.1 Å². The van der Waals surface area contributed by atoms with Gasteiger partial charge in [-0.2, -0.15) is 0 Å². The number of hydrogen-bond donors (Lipinski definition) is 6. The average Bonchev–Trinajstić information content (AvgIpc) is 4.08. The fourth-order valence-corrected chi connectivity index (χ4v) is 12.1. The maximum absolute atomic E-state index is 15.2. The molecule has 368 valence electrons. The van der Waals surface area contributed by atoms with Gasteiger partial charge >= 0.3 is 0 Å². The maximum Gasteiger partial charge on any atom is 0.207 e. The quantitative estimate of drug-likeness (QED) is 0.0232. The third-order valence-corrected chi connectivity index (χ3v) is 15.9. The zero-order valence-electron chi connectivity index (χ0n) is 41.1. The highest BCUT2D eigenvalue weighted by Gasteiger charge is 2.49. The monoisotopic (exact) mass is 925 g/mol. The Kier molecular flexibility index (Phi) is 19.0. The van der Waals surface area contributed by atoms with Gasteiger partial charge in [0.25, 0.3) is 0 Å². The summed E-state index contributed by atoms with van der Waals surface area (Å²) in [6, 6.07) is 12.6. The van der Waals surface area contributed by atoms with Crippen molar-refractivity contribution in [2.45, 2.75) is 166 Å². The number of carbonyl (C=O) groups is 2. The highest BCUT2D eigenvalue weighted by molar-refractivity contribution is 5.97. The molecule has 1 heterocycles. The molecule has 4 aliphatic rings. The van der Waals surface area contributed by atoms with E-state index in [9.17, 15) is 20.1 Å². The normalized spacial score (nSPS) is 26.3. The number of hydrogen-bond acceptors (Lipinski definition) is 10. The topological polar surface area (TPSA) is 171 Å². The van der Waals surface area contributed by atoms with E-state index < -0.39 is 22.7 Å². The summed E-state index contributed by atoms with van der Waals surface area (Å²) in [4.78, 5) is 31.6. The Bertz CT molecular complexity index is 2070. The fourth-order valence-electron chi connectivity index (χ4n) is 12.1. The Morgan fingerprint density at radius 1 is 1.03 bits per heavy atom. The molecule has 0 aromatic heterocycles. The lowest BCUT2D eigenvalue weighted by Crippen LogP contribution is -2.43. The van der Waals surface area contributed by atoms with Crippen molar-refractivity contribution in [3.8, 4) is 35.0 Å². The molecule has 6 rings (SSSR count). The molecular weight excluding hydrogens is 845 g/mol. The summed E-state index contributed by atoms with van der Waals surface area (Å²) in [7, 11) is 5.13. The van der Waals surface area contributed by atoms with Gasteiger partial charge in [0.15, 0.2) is 35.1 Å². The second kappa shape index (κ2) is 24.6. The third kappa shape index (κ3) is 12.8. The molecule has 1 aliphatic heterocycles. The number of allylic oxidation sites excluding steroid dienone is 2. The van der Waals surface area contributed by atoms with Crippen molar-refractivity contribution in [1.82, 2.24) is 10.6 Å². The number of ketones is 1. The molecule has 3 saturated carbocycles. The van der Waals surface area contributed by atoms with E-state index in [1.54, 1.807) is 13.1 Å². The van der Waals surface area contributed by atoms with Crippen molar-refractivity contribution in [2.75, 3.05) is 39.7 Å². The van der Waals surface area contributed by atoms with E-state index >= 15 is 4.79 Å². The van der Waals surface area contributed by atoms with Gasteiger partial charge < -0.3 is 45.0 Å². The number of aromatic hydroxyl groups is 2. The van der Waals surface area contributed by atoms with Crippen LogP contribution in [0.2, 0.25) is 0 Å². The summed E-state index contributed by atoms with van der Waals surface area (Å²) in [5, 5.41) is 43.6. The van der Waals surface area contributed by atoms with Crippen molar-refractivity contribution in [3.05, 3.63) is 53.6 Å². The molecule has 0 saturated heterocycles. The van der Waals surface area contributed by atoms with Crippen LogP contribution in [-0.2, 0) is 26.2 Å². The predicted molar refractivity (Wildman–Crippen MR) is 266 cm³/mol. The third-order valence-electron chi connectivity index (χ3n) is 15.9. The lowest BCUT2D eigenvalue weighted by molar-refractivity contribution is -0.125. The first-order valence-electron chi connectivity index (χ1n) is 25.5. The number of phenolic OH excluding ortho intramolecular Hbond substituents is 2. The Morgan fingerprint density at radius 2 is 1.85 bits per heavy atom. The van der Waals surface area contributed by atoms with Crippen LogP contribution in [-0.4, -0.2) is 79.6 Å². The van der Waals surface area contributed by atoms with E-state index in [-0.39, 0.29) is 41.0 Å². The van der Waals surface area contributed by atoms with Crippen LogP contribution in [0.5, 0.6) is 23.0 Å². The first kappa shape index (κ1) is 51.8. The Morgan fingerprint density at radius 3 is 2.58 bits per heavy atom. The van der Waals surface area contributed by atoms with Crippen molar-refractivity contribution in [1.29, 1.82) is 0 Å². The molecule has 3 fully saturated rings. The number of guanidine groups is 1. The maximum atomic E-state index is 15.2. The molecule has 12 nitrogen and oxygen atoms in total. The summed E-state index contributed by atoms with van der Waals surface area (Å²) in [5.74, 6) is 4.90. The highest BCUT2D eigenvalue weighted by atomic mass is 16.6. The van der Waals surface area contributed by atoms with E-state index in [0.717, 1.165) is 120 Å². The van der Waals surface area contributed by atoms with Gasteiger partial charge in [0.2, 0.25) is 5.96 Å². The van der Waals surface area contributed by atoms with Crippen LogP contribution in [0.1, 0.15) is 153 Å². The van der Waals surface area contributed by atoms with Gasteiger partial charge in [-0.15, -0.1) is 0 Å². The Balaban J connectivity index is 1.42. The van der Waals surface area contributed by atoms with Crippen LogP contribution >= 0.6 is 0 Å². The summed E-state index contributed by atoms with van der Waals surface area (Å²) in [6.07, 6.45) is 21.6. The minimum absolute atomic E-state index is 0.0134. The number of nitrogens with one attached hydrogen (secondary N) is 3. The average molecular weight is 925 g/mol. The number of nitrogens with zero attached hydrogens (tertiary/aromatic N) is 1. The largest absolute Gasteiger partial charge is 0.504 e. The zero-order chi connectivity index (χ0) is 47.9. The SMILES string of the molecule is CCCCCCOC(O)CC1CCC(CNC)(Oc2cc3cc(c2O)NC(=NC)NC#CCC2CCCC2(Cc2ccc(O)c(OC)c2)C(=O)C=CC(CCC(CC)CC=O)C32CCCC2)C1. The van der Waals surface area contributed by atoms with Crippen LogP contribution < -0.4 is 25.4 Å². The number of aliphatic hydroxyl groups is 1. The van der Waals surface area contributed by atoms with E-state index in [2.05, 4.69) is 52.8 Å². The minimum Gasteiger partial charge on any atom is -0.504 e. The molecule has 0 amide bonds. The summed E-state index contributed by atoms with van der Waals surface area (Å²) < 4.78 is 18.5. The molecule has 6 N–H and O–H groups in total. The van der Waals surface area contributed by atoms with Gasteiger partial charge in [-0.25, -0.2) is 0 Å². The Hall–Kier alpha value is -4.57. The first-order valence-corrected chi connectivity index (χ1v) is 25.5. The second-order valence-corrected chi connectivity index (χ2v) is 20.1. The molecular formula is C55H80N4O8. The molecule has 3 aliphatic carbocycles. The number of carbonyl (C=O) groups excluding carboxylic acids is 2. The Labute approximate surface area is 400 Å². The zero-order valence-corrected chi connectivity index (χ0v) is 41.1. The first-order chi connectivity index (χ1) is 32.5. The molecule has 2 aromatic carbocycles. The molecule has 2 bridgehead atoms. The summed E-state index contributed by atoms with van der Waals surface area (Å²) in [5.41, 5.74) is 0.615. The number of unbranched alkanes of at least 4 members (excludes halogenated alkanes) is 3. The lowest BCUT2D eigenvalue weighted by atomic mass is 9.65. The number of anilines is 1. The number of methoxy groups -OCH3 is 1. The van der Waals surface area contributed by atoms with E-state index in [0.29, 0.717) is 68.4 Å². The standard InChI is InChI=1S/C55H80N4O8/c1-6-8-9-12-31-66-50(63)33-41-23-28-53(36-41,38-56-3)67-48-35-44-34-45(51(48)64)59-52(57-4)58-29-14-16-42-15-13-27-55(42,37-40-18-21-46(61)47(32-40)65-5)49(62)22-20-43(54(44)25-10-11-26-54)19-17-39(7-2)24-30-60/h18,20-22,30,32,34-35,39,41-43,50,56,61,63-64H,6-13,15-17,19,23-28,31,33,36-38H2,1-5H3,(H2,57,58,59). The molecule has 2 aromatic rings. The van der Waals surface area contributed by atoms with Gasteiger partial charge in [0, 0.05) is 56.3 Å². The van der Waals surface area contributed by atoms with Gasteiger partial charge in [-0.3, -0.25) is 15.1 Å². The van der Waals surface area contributed by atoms with Crippen molar-refractivity contribution in [3.63, 3.8) is 0 Å². The van der Waals surface area contributed by atoms with Crippen LogP contribution in [0.25, 0.3) is 0 Å². The molecule has 7 atom stereocenters. The molecule has 7 unspecified atom stereocenters. The number of aliphatic imine (C=N–C) groups is 1. The number of aldehydes is 1. The number of rotatable bonds is 21. The van der Waals surface area contributed by atoms with Crippen LogP contribution in [0.4, 0.5) is 5.69 Å². The molecule has 1 spiro atoms. The van der Waals surface area contributed by atoms with E-state index in [1.165, 1.54) is 7.11 Å². The van der Waals surface area contributed by atoms with Crippen molar-refractivity contribution < 1.29 is 39.1 Å². The number of likely N-dealkylation sites (N-methyl/N-ethyl adjacent to an activating group) is 1. The highest BCUT2D eigenvalue weighted by Crippen LogP contribution is 2.54. The van der Waals surface area contributed by atoms with Gasteiger partial charge in [0.1, 0.15) is 11.9 Å². The smallest absolute Gasteiger partial charge is 0.207 e. The molecule has 12 heteroatoms. The van der Waals surface area contributed by atoms with Gasteiger partial charge in [0.05, 0.1) is 12.8 Å². The number of phenols is 2.